The van der Waals surface area contributed by atoms with Crippen molar-refractivity contribution < 1.29 is 0 Å². The SMILES string of the molecule is Cc1ccnc(NC2CCCN(Cc3ccc(C#N)cc3)C2)n1. The first-order valence-corrected chi connectivity index (χ1v) is 8.00. The smallest absolute Gasteiger partial charge is 0.223 e. The van der Waals surface area contributed by atoms with Crippen molar-refractivity contribution in [3.05, 3.63) is 53.3 Å². The number of likely N-dealkylation sites (tertiary alicyclic amines) is 1. The Balaban J connectivity index is 1.58. The highest BCUT2D eigenvalue weighted by Gasteiger charge is 2.20. The van der Waals surface area contributed by atoms with E-state index in [0.29, 0.717) is 11.6 Å². The molecule has 0 aliphatic carbocycles. The number of hydrogen-bond donors (Lipinski definition) is 1. The number of hydrogen-bond acceptors (Lipinski definition) is 5. The summed E-state index contributed by atoms with van der Waals surface area (Å²) >= 11 is 0. The molecule has 1 aliphatic heterocycles. The molecule has 1 aromatic carbocycles. The molecule has 0 spiro atoms. The quantitative estimate of drug-likeness (QED) is 0.941. The van der Waals surface area contributed by atoms with Crippen LogP contribution in [0.2, 0.25) is 0 Å². The number of nitrogens with one attached hydrogen (secondary N) is 1. The van der Waals surface area contributed by atoms with Crippen LogP contribution in [0.3, 0.4) is 0 Å². The molecule has 118 valence electrons. The molecule has 1 N–H and O–H groups in total. The first kappa shape index (κ1) is 15.4. The largest absolute Gasteiger partial charge is 0.350 e. The Morgan fingerprint density at radius 3 is 2.87 bits per heavy atom. The molecule has 1 fully saturated rings. The number of aromatic nitrogens is 2. The van der Waals surface area contributed by atoms with Gasteiger partial charge in [-0.05, 0) is 50.1 Å². The average molecular weight is 307 g/mol. The van der Waals surface area contributed by atoms with E-state index in [1.807, 2.05) is 37.3 Å². The van der Waals surface area contributed by atoms with Crippen molar-refractivity contribution in [2.75, 3.05) is 18.4 Å². The third-order valence-corrected chi connectivity index (χ3v) is 4.12. The van der Waals surface area contributed by atoms with Gasteiger partial charge >= 0.3 is 0 Å². The molecule has 0 radical (unpaired) electrons. The summed E-state index contributed by atoms with van der Waals surface area (Å²) in [6, 6.07) is 12.3. The molecule has 1 aliphatic rings. The van der Waals surface area contributed by atoms with Crippen LogP contribution in [0.25, 0.3) is 0 Å². The van der Waals surface area contributed by atoms with Crippen LogP contribution < -0.4 is 5.32 Å². The van der Waals surface area contributed by atoms with Crippen molar-refractivity contribution in [2.45, 2.75) is 32.4 Å². The fourth-order valence-corrected chi connectivity index (χ4v) is 2.96. The van der Waals surface area contributed by atoms with Crippen LogP contribution in [0.15, 0.2) is 36.5 Å². The van der Waals surface area contributed by atoms with Crippen LogP contribution in [-0.2, 0) is 6.54 Å². The normalized spacial score (nSPS) is 18.3. The number of anilines is 1. The summed E-state index contributed by atoms with van der Waals surface area (Å²) in [4.78, 5) is 11.2. The Bertz CT molecular complexity index is 689. The zero-order chi connectivity index (χ0) is 16.1. The second-order valence-corrected chi connectivity index (χ2v) is 6.05. The molecule has 1 saturated heterocycles. The minimum Gasteiger partial charge on any atom is -0.350 e. The zero-order valence-corrected chi connectivity index (χ0v) is 13.4. The van der Waals surface area contributed by atoms with Crippen molar-refractivity contribution in [1.29, 1.82) is 5.26 Å². The van der Waals surface area contributed by atoms with Crippen LogP contribution in [0.5, 0.6) is 0 Å². The van der Waals surface area contributed by atoms with E-state index in [4.69, 9.17) is 5.26 Å². The van der Waals surface area contributed by atoms with Crippen molar-refractivity contribution in [3.8, 4) is 6.07 Å². The minimum absolute atomic E-state index is 0.379. The minimum atomic E-state index is 0.379. The summed E-state index contributed by atoms with van der Waals surface area (Å²) in [5, 5.41) is 12.3. The van der Waals surface area contributed by atoms with Crippen LogP contribution in [0, 0.1) is 18.3 Å². The molecule has 1 unspecified atom stereocenters. The van der Waals surface area contributed by atoms with Gasteiger partial charge in [-0.15, -0.1) is 0 Å². The van der Waals surface area contributed by atoms with Crippen LogP contribution in [0.1, 0.15) is 29.7 Å². The molecule has 1 aromatic heterocycles. The Hall–Kier alpha value is -2.45. The Kier molecular flexibility index (Phi) is 4.84. The van der Waals surface area contributed by atoms with Gasteiger partial charge in [-0.2, -0.15) is 5.26 Å². The molecule has 23 heavy (non-hydrogen) atoms. The van der Waals surface area contributed by atoms with Gasteiger partial charge in [0.1, 0.15) is 0 Å². The fourth-order valence-electron chi connectivity index (χ4n) is 2.96. The van der Waals surface area contributed by atoms with Gasteiger partial charge in [0.15, 0.2) is 0 Å². The van der Waals surface area contributed by atoms with E-state index in [9.17, 15) is 0 Å². The van der Waals surface area contributed by atoms with Crippen molar-refractivity contribution in [1.82, 2.24) is 14.9 Å². The molecular formula is C18H21N5. The summed E-state index contributed by atoms with van der Waals surface area (Å²) in [6.45, 7) is 4.98. The van der Waals surface area contributed by atoms with Gasteiger partial charge in [0.2, 0.25) is 5.95 Å². The predicted molar refractivity (Wildman–Crippen MR) is 89.8 cm³/mol. The third-order valence-electron chi connectivity index (χ3n) is 4.12. The third kappa shape index (κ3) is 4.27. The van der Waals surface area contributed by atoms with Gasteiger partial charge < -0.3 is 5.32 Å². The molecule has 0 saturated carbocycles. The van der Waals surface area contributed by atoms with E-state index in [0.717, 1.165) is 37.7 Å². The Morgan fingerprint density at radius 2 is 2.13 bits per heavy atom. The lowest BCUT2D eigenvalue weighted by Crippen LogP contribution is -2.41. The van der Waals surface area contributed by atoms with Crippen LogP contribution in [0.4, 0.5) is 5.95 Å². The lowest BCUT2D eigenvalue weighted by atomic mass is 10.0. The van der Waals surface area contributed by atoms with Crippen LogP contribution in [-0.4, -0.2) is 34.0 Å². The van der Waals surface area contributed by atoms with Gasteiger partial charge in [0.25, 0.3) is 0 Å². The maximum Gasteiger partial charge on any atom is 0.223 e. The number of nitrogens with zero attached hydrogens (tertiary/aromatic N) is 4. The molecule has 1 atom stereocenters. The van der Waals surface area contributed by atoms with E-state index in [-0.39, 0.29) is 0 Å². The molecular weight excluding hydrogens is 286 g/mol. The molecule has 5 nitrogen and oxygen atoms in total. The van der Waals surface area contributed by atoms with Crippen molar-refractivity contribution in [3.63, 3.8) is 0 Å². The lowest BCUT2D eigenvalue weighted by molar-refractivity contribution is 0.208. The zero-order valence-electron chi connectivity index (χ0n) is 13.4. The van der Waals surface area contributed by atoms with Crippen LogP contribution >= 0.6 is 0 Å². The highest BCUT2D eigenvalue weighted by atomic mass is 15.2. The van der Waals surface area contributed by atoms with Gasteiger partial charge in [-0.3, -0.25) is 4.90 Å². The number of benzene rings is 1. The number of nitriles is 1. The second kappa shape index (κ2) is 7.21. The van der Waals surface area contributed by atoms with Gasteiger partial charge in [0, 0.05) is 31.0 Å². The van der Waals surface area contributed by atoms with E-state index < -0.39 is 0 Å². The number of piperidine rings is 1. The van der Waals surface area contributed by atoms with Crippen molar-refractivity contribution >= 4 is 5.95 Å². The summed E-state index contributed by atoms with van der Waals surface area (Å²) < 4.78 is 0. The lowest BCUT2D eigenvalue weighted by Gasteiger charge is -2.33. The first-order chi connectivity index (χ1) is 11.2. The summed E-state index contributed by atoms with van der Waals surface area (Å²) in [5.74, 6) is 0.718. The number of rotatable bonds is 4. The predicted octanol–water partition coefficient (Wildman–Crippen LogP) is 2.73. The van der Waals surface area contributed by atoms with E-state index in [1.165, 1.54) is 12.0 Å². The topological polar surface area (TPSA) is 64.8 Å². The number of aryl methyl sites for hydroxylation is 1. The Morgan fingerprint density at radius 1 is 1.30 bits per heavy atom. The molecule has 0 amide bonds. The monoisotopic (exact) mass is 307 g/mol. The first-order valence-electron chi connectivity index (χ1n) is 8.00. The highest BCUT2D eigenvalue weighted by Crippen LogP contribution is 2.16. The Labute approximate surface area is 137 Å². The molecule has 5 heteroatoms. The highest BCUT2D eigenvalue weighted by molar-refractivity contribution is 5.31. The van der Waals surface area contributed by atoms with Gasteiger partial charge in [-0.1, -0.05) is 12.1 Å². The average Bonchev–Trinajstić information content (AvgIpc) is 2.56. The summed E-state index contributed by atoms with van der Waals surface area (Å²) in [7, 11) is 0. The standard InChI is InChI=1S/C18H21N5/c1-14-8-9-20-18(21-14)22-17-3-2-10-23(13-17)12-16-6-4-15(11-19)5-7-16/h4-9,17H,2-3,10,12-13H2,1H3,(H,20,21,22). The van der Waals surface area contributed by atoms with Crippen molar-refractivity contribution in [2.24, 2.45) is 0 Å². The fraction of sp³-hybridized carbons (Fsp3) is 0.389. The maximum atomic E-state index is 8.86. The summed E-state index contributed by atoms with van der Waals surface area (Å²) in [6.07, 6.45) is 4.10. The molecule has 2 aromatic rings. The second-order valence-electron chi connectivity index (χ2n) is 6.05. The van der Waals surface area contributed by atoms with Gasteiger partial charge in [-0.25, -0.2) is 9.97 Å². The molecule has 2 heterocycles. The molecule has 3 rings (SSSR count). The maximum absolute atomic E-state index is 8.86. The van der Waals surface area contributed by atoms with E-state index in [2.05, 4.69) is 26.3 Å². The van der Waals surface area contributed by atoms with Gasteiger partial charge in [0.05, 0.1) is 11.6 Å². The molecule has 0 bridgehead atoms. The van der Waals surface area contributed by atoms with E-state index >= 15 is 0 Å². The van der Waals surface area contributed by atoms with E-state index in [1.54, 1.807) is 6.20 Å². The summed E-state index contributed by atoms with van der Waals surface area (Å²) in [5.41, 5.74) is 2.94.